The molecule has 0 fully saturated rings. The molecule has 0 saturated carbocycles. The van der Waals surface area contributed by atoms with E-state index in [0.717, 1.165) is 18.0 Å². The minimum atomic E-state index is -0.873. The summed E-state index contributed by atoms with van der Waals surface area (Å²) in [5.41, 5.74) is 6.58. The predicted octanol–water partition coefficient (Wildman–Crippen LogP) is 2.59. The Balaban J connectivity index is 2.38. The van der Waals surface area contributed by atoms with Crippen molar-refractivity contribution in [1.29, 1.82) is 0 Å². The van der Waals surface area contributed by atoms with Gasteiger partial charge in [-0.25, -0.2) is 13.8 Å². The summed E-state index contributed by atoms with van der Waals surface area (Å²) in [4.78, 5) is 7.32. The van der Waals surface area contributed by atoms with Crippen molar-refractivity contribution in [2.75, 3.05) is 6.54 Å². The lowest BCUT2D eigenvalue weighted by atomic mass is 9.93. The second kappa shape index (κ2) is 4.49. The van der Waals surface area contributed by atoms with E-state index in [9.17, 15) is 8.78 Å². The molecule has 1 aromatic carbocycles. The van der Waals surface area contributed by atoms with Gasteiger partial charge in [-0.1, -0.05) is 13.8 Å². The second-order valence-corrected chi connectivity index (χ2v) is 4.86. The third kappa shape index (κ3) is 2.26. The first-order valence-corrected chi connectivity index (χ1v) is 5.65. The summed E-state index contributed by atoms with van der Waals surface area (Å²) < 4.78 is 26.0. The molecule has 1 heterocycles. The molecule has 96 valence electrons. The van der Waals surface area contributed by atoms with Crippen LogP contribution in [-0.4, -0.2) is 16.5 Å². The highest BCUT2D eigenvalue weighted by molar-refractivity contribution is 5.58. The van der Waals surface area contributed by atoms with Crippen LogP contribution in [0.3, 0.4) is 0 Å². The van der Waals surface area contributed by atoms with Crippen LogP contribution in [0.2, 0.25) is 0 Å². The minimum Gasteiger partial charge on any atom is -0.342 e. The monoisotopic (exact) mass is 251 g/mol. The lowest BCUT2D eigenvalue weighted by molar-refractivity contribution is 0.507. The molecule has 2 rings (SSSR count). The van der Waals surface area contributed by atoms with Crippen molar-refractivity contribution in [3.05, 3.63) is 41.9 Å². The molecule has 3 nitrogen and oxygen atoms in total. The van der Waals surface area contributed by atoms with Gasteiger partial charge in [0.2, 0.25) is 0 Å². The van der Waals surface area contributed by atoms with Gasteiger partial charge in [-0.15, -0.1) is 0 Å². The highest BCUT2D eigenvalue weighted by Gasteiger charge is 2.22. The molecule has 0 amide bonds. The SMILES string of the molecule is CC(C)(CN)c1ncc(-c2ccc(F)c(F)c2)[nH]1. The molecule has 0 aliphatic heterocycles. The zero-order chi connectivity index (χ0) is 13.3. The fourth-order valence-electron chi connectivity index (χ4n) is 1.57. The van der Waals surface area contributed by atoms with Crippen LogP contribution in [0.5, 0.6) is 0 Å². The van der Waals surface area contributed by atoms with E-state index in [1.807, 2.05) is 13.8 Å². The Morgan fingerprint density at radius 3 is 2.61 bits per heavy atom. The van der Waals surface area contributed by atoms with Crippen LogP contribution >= 0.6 is 0 Å². The van der Waals surface area contributed by atoms with E-state index in [1.54, 1.807) is 6.20 Å². The molecule has 18 heavy (non-hydrogen) atoms. The van der Waals surface area contributed by atoms with Crippen molar-refractivity contribution in [3.63, 3.8) is 0 Å². The van der Waals surface area contributed by atoms with Crippen molar-refractivity contribution in [2.24, 2.45) is 5.73 Å². The van der Waals surface area contributed by atoms with E-state index < -0.39 is 11.6 Å². The van der Waals surface area contributed by atoms with Crippen molar-refractivity contribution < 1.29 is 8.78 Å². The van der Waals surface area contributed by atoms with Gasteiger partial charge >= 0.3 is 0 Å². The number of nitrogens with zero attached hydrogens (tertiary/aromatic N) is 1. The standard InChI is InChI=1S/C13H15F2N3/c1-13(2,7-16)12-17-6-11(18-12)8-3-4-9(14)10(15)5-8/h3-6H,7,16H2,1-2H3,(H,17,18). The molecule has 1 aromatic heterocycles. The quantitative estimate of drug-likeness (QED) is 0.881. The fourth-order valence-corrected chi connectivity index (χ4v) is 1.57. The van der Waals surface area contributed by atoms with Gasteiger partial charge in [0.25, 0.3) is 0 Å². The molecule has 0 radical (unpaired) electrons. The van der Waals surface area contributed by atoms with Gasteiger partial charge in [-0.3, -0.25) is 0 Å². The third-order valence-corrected chi connectivity index (χ3v) is 2.96. The highest BCUT2D eigenvalue weighted by atomic mass is 19.2. The Kier molecular flexibility index (Phi) is 3.17. The van der Waals surface area contributed by atoms with Crippen LogP contribution in [0.1, 0.15) is 19.7 Å². The Morgan fingerprint density at radius 2 is 2.00 bits per heavy atom. The Labute approximate surface area is 104 Å². The number of benzene rings is 1. The minimum absolute atomic E-state index is 0.281. The maximum atomic E-state index is 13.1. The van der Waals surface area contributed by atoms with Gasteiger partial charge in [-0.05, 0) is 18.2 Å². The number of nitrogens with one attached hydrogen (secondary N) is 1. The summed E-state index contributed by atoms with van der Waals surface area (Å²) in [6.07, 6.45) is 1.60. The average Bonchev–Trinajstić information content (AvgIpc) is 2.83. The number of halogens is 2. The number of imidazole rings is 1. The second-order valence-electron chi connectivity index (χ2n) is 4.86. The molecular formula is C13H15F2N3. The first kappa shape index (κ1) is 12.7. The largest absolute Gasteiger partial charge is 0.342 e. The molecule has 0 aliphatic carbocycles. The Hall–Kier alpha value is -1.75. The van der Waals surface area contributed by atoms with E-state index >= 15 is 0 Å². The molecule has 0 spiro atoms. The lowest BCUT2D eigenvalue weighted by Gasteiger charge is -2.18. The molecule has 0 bridgehead atoms. The van der Waals surface area contributed by atoms with E-state index in [1.165, 1.54) is 6.07 Å². The Morgan fingerprint density at radius 1 is 1.28 bits per heavy atom. The van der Waals surface area contributed by atoms with Crippen molar-refractivity contribution in [1.82, 2.24) is 9.97 Å². The molecular weight excluding hydrogens is 236 g/mol. The third-order valence-electron chi connectivity index (χ3n) is 2.96. The number of hydrogen-bond donors (Lipinski definition) is 2. The first-order chi connectivity index (χ1) is 8.44. The number of aromatic amines is 1. The van der Waals surface area contributed by atoms with Crippen molar-refractivity contribution in [2.45, 2.75) is 19.3 Å². The van der Waals surface area contributed by atoms with Crippen LogP contribution < -0.4 is 5.73 Å². The summed E-state index contributed by atoms with van der Waals surface area (Å²) in [6, 6.07) is 3.74. The van der Waals surface area contributed by atoms with Gasteiger partial charge in [-0.2, -0.15) is 0 Å². The molecule has 5 heteroatoms. The molecule has 3 N–H and O–H groups in total. The van der Waals surface area contributed by atoms with Crippen LogP contribution in [0.25, 0.3) is 11.3 Å². The summed E-state index contributed by atoms with van der Waals surface area (Å²) in [7, 11) is 0. The zero-order valence-electron chi connectivity index (χ0n) is 10.3. The van der Waals surface area contributed by atoms with E-state index in [0.29, 0.717) is 17.8 Å². The maximum Gasteiger partial charge on any atom is 0.159 e. The lowest BCUT2D eigenvalue weighted by Crippen LogP contribution is -2.29. The summed E-state index contributed by atoms with van der Waals surface area (Å²) in [6.45, 7) is 4.36. The zero-order valence-corrected chi connectivity index (χ0v) is 10.3. The van der Waals surface area contributed by atoms with Crippen LogP contribution in [-0.2, 0) is 5.41 Å². The molecule has 0 unspecified atom stereocenters. The van der Waals surface area contributed by atoms with Gasteiger partial charge < -0.3 is 10.7 Å². The van der Waals surface area contributed by atoms with Gasteiger partial charge in [0.1, 0.15) is 5.82 Å². The van der Waals surface area contributed by atoms with Crippen LogP contribution in [0, 0.1) is 11.6 Å². The van der Waals surface area contributed by atoms with Gasteiger partial charge in [0.15, 0.2) is 11.6 Å². The maximum absolute atomic E-state index is 13.1. The molecule has 0 atom stereocenters. The normalized spacial score (nSPS) is 11.8. The molecule has 0 aliphatic rings. The van der Waals surface area contributed by atoms with E-state index in [4.69, 9.17) is 5.73 Å². The molecule has 2 aromatic rings. The number of H-pyrrole nitrogens is 1. The molecule has 0 saturated heterocycles. The number of hydrogen-bond acceptors (Lipinski definition) is 2. The summed E-state index contributed by atoms with van der Waals surface area (Å²) >= 11 is 0. The fraction of sp³-hybridized carbons (Fsp3) is 0.308. The topological polar surface area (TPSA) is 54.7 Å². The number of aromatic nitrogens is 2. The van der Waals surface area contributed by atoms with Gasteiger partial charge in [0.05, 0.1) is 11.9 Å². The predicted molar refractivity (Wildman–Crippen MR) is 66.0 cm³/mol. The Bertz CT molecular complexity index is 561. The summed E-state index contributed by atoms with van der Waals surface area (Å²) in [5, 5.41) is 0. The smallest absolute Gasteiger partial charge is 0.159 e. The van der Waals surface area contributed by atoms with E-state index in [2.05, 4.69) is 9.97 Å². The van der Waals surface area contributed by atoms with Crippen LogP contribution in [0.4, 0.5) is 8.78 Å². The average molecular weight is 251 g/mol. The number of rotatable bonds is 3. The summed E-state index contributed by atoms with van der Waals surface area (Å²) in [5.74, 6) is -1.01. The van der Waals surface area contributed by atoms with Crippen LogP contribution in [0.15, 0.2) is 24.4 Å². The highest BCUT2D eigenvalue weighted by Crippen LogP contribution is 2.24. The number of nitrogens with two attached hydrogens (primary N) is 1. The van der Waals surface area contributed by atoms with Crippen molar-refractivity contribution in [3.8, 4) is 11.3 Å². The van der Waals surface area contributed by atoms with Crippen molar-refractivity contribution >= 4 is 0 Å². The van der Waals surface area contributed by atoms with E-state index in [-0.39, 0.29) is 5.41 Å². The first-order valence-electron chi connectivity index (χ1n) is 5.65. The van der Waals surface area contributed by atoms with Gasteiger partial charge in [0, 0.05) is 17.5 Å².